The van der Waals surface area contributed by atoms with Crippen LogP contribution in [0, 0.1) is 0 Å². The molecule has 0 N–H and O–H groups in total. The molecule has 0 atom stereocenters. The number of rotatable bonds is 2. The highest BCUT2D eigenvalue weighted by Gasteiger charge is 2.02. The molecule has 2 heterocycles. The molecule has 2 aromatic rings. The lowest BCUT2D eigenvalue weighted by Crippen LogP contribution is -1.91. The van der Waals surface area contributed by atoms with E-state index in [-0.39, 0.29) is 0 Å². The molecule has 68 valence electrons. The molecule has 2 rings (SSSR count). The van der Waals surface area contributed by atoms with E-state index in [2.05, 4.69) is 21.0 Å². The van der Waals surface area contributed by atoms with E-state index in [9.17, 15) is 0 Å². The summed E-state index contributed by atoms with van der Waals surface area (Å²) in [6, 6.07) is 7.96. The summed E-state index contributed by atoms with van der Waals surface area (Å²) in [5.74, 6) is 0. The predicted molar refractivity (Wildman–Crippen MR) is 53.6 cm³/mol. The quantitative estimate of drug-likeness (QED) is 0.754. The van der Waals surface area contributed by atoms with Gasteiger partial charge in [0, 0.05) is 7.11 Å². The van der Waals surface area contributed by atoms with Crippen molar-refractivity contribution in [1.82, 2.24) is 9.61 Å². The molecule has 0 fully saturated rings. The monoisotopic (exact) mass is 240 g/mol. The van der Waals surface area contributed by atoms with Crippen LogP contribution in [-0.4, -0.2) is 16.7 Å². The van der Waals surface area contributed by atoms with E-state index in [4.69, 9.17) is 4.74 Å². The zero-order chi connectivity index (χ0) is 9.26. The Morgan fingerprint density at radius 1 is 1.54 bits per heavy atom. The Morgan fingerprint density at radius 3 is 3.08 bits per heavy atom. The van der Waals surface area contributed by atoms with E-state index >= 15 is 0 Å². The Bertz CT molecular complexity index is 424. The molecular weight excluding hydrogens is 232 g/mol. The number of fused-ring (bicyclic) bond motifs is 1. The van der Waals surface area contributed by atoms with Crippen molar-refractivity contribution >= 4 is 21.4 Å². The molecule has 0 aliphatic rings. The largest absolute Gasteiger partial charge is 0.378 e. The van der Waals surface area contributed by atoms with Crippen LogP contribution in [0.2, 0.25) is 0 Å². The van der Waals surface area contributed by atoms with Crippen LogP contribution >= 0.6 is 15.9 Å². The molecule has 0 unspecified atom stereocenters. The van der Waals surface area contributed by atoms with Crippen molar-refractivity contribution in [2.24, 2.45) is 0 Å². The average Bonchev–Trinajstić information content (AvgIpc) is 2.49. The second kappa shape index (κ2) is 3.47. The summed E-state index contributed by atoms with van der Waals surface area (Å²) >= 11 is 3.42. The first kappa shape index (κ1) is 8.72. The first-order chi connectivity index (χ1) is 6.31. The minimum absolute atomic E-state index is 0.550. The van der Waals surface area contributed by atoms with Crippen molar-refractivity contribution in [2.75, 3.05) is 7.11 Å². The summed E-state index contributed by atoms with van der Waals surface area (Å²) in [5.41, 5.74) is 2.01. The molecule has 0 saturated carbocycles. The fourth-order valence-corrected chi connectivity index (χ4v) is 1.69. The van der Waals surface area contributed by atoms with Gasteiger partial charge in [-0.25, -0.2) is 4.52 Å². The van der Waals surface area contributed by atoms with Crippen LogP contribution in [0.5, 0.6) is 0 Å². The van der Waals surface area contributed by atoms with Crippen molar-refractivity contribution in [3.63, 3.8) is 0 Å². The highest BCUT2D eigenvalue weighted by atomic mass is 79.9. The van der Waals surface area contributed by atoms with Crippen LogP contribution < -0.4 is 0 Å². The van der Waals surface area contributed by atoms with Crippen LogP contribution in [-0.2, 0) is 11.3 Å². The predicted octanol–water partition coefficient (Wildman–Crippen LogP) is 2.24. The van der Waals surface area contributed by atoms with Crippen molar-refractivity contribution in [2.45, 2.75) is 6.61 Å². The molecule has 0 aliphatic heterocycles. The number of hydrogen-bond acceptors (Lipinski definition) is 2. The second-order valence-electron chi connectivity index (χ2n) is 2.75. The molecule has 0 amide bonds. The number of methoxy groups -OCH3 is 1. The van der Waals surface area contributed by atoms with E-state index < -0.39 is 0 Å². The fraction of sp³-hybridized carbons (Fsp3) is 0.222. The molecule has 0 radical (unpaired) electrons. The Kier molecular flexibility index (Phi) is 2.33. The van der Waals surface area contributed by atoms with Crippen LogP contribution in [0.1, 0.15) is 5.69 Å². The number of hydrogen-bond donors (Lipinski definition) is 0. The maximum absolute atomic E-state index is 5.01. The molecule has 0 aromatic carbocycles. The lowest BCUT2D eigenvalue weighted by atomic mass is 10.4. The van der Waals surface area contributed by atoms with Gasteiger partial charge in [-0.2, -0.15) is 5.10 Å². The highest BCUT2D eigenvalue weighted by Crippen LogP contribution is 2.14. The van der Waals surface area contributed by atoms with Gasteiger partial charge < -0.3 is 4.74 Å². The Hall–Kier alpha value is -0.870. The third-order valence-electron chi connectivity index (χ3n) is 1.78. The van der Waals surface area contributed by atoms with Gasteiger partial charge >= 0.3 is 0 Å². The van der Waals surface area contributed by atoms with Gasteiger partial charge in [-0.3, -0.25) is 0 Å². The Balaban J connectivity index is 2.55. The first-order valence-corrected chi connectivity index (χ1v) is 4.72. The van der Waals surface area contributed by atoms with Gasteiger partial charge in [-0.05, 0) is 34.1 Å². The molecule has 0 spiro atoms. The molecule has 3 nitrogen and oxygen atoms in total. The zero-order valence-corrected chi connectivity index (χ0v) is 8.78. The van der Waals surface area contributed by atoms with Gasteiger partial charge in [0.2, 0.25) is 0 Å². The lowest BCUT2D eigenvalue weighted by molar-refractivity contribution is 0.181. The van der Waals surface area contributed by atoms with Crippen molar-refractivity contribution < 1.29 is 4.74 Å². The standard InChI is InChI=1S/C9H9BrN2O/c1-13-6-7-5-8-3-2-4-9(10)12(8)11-7/h2-5H,6H2,1H3. The lowest BCUT2D eigenvalue weighted by Gasteiger charge is -1.94. The van der Waals surface area contributed by atoms with Crippen molar-refractivity contribution in [3.05, 3.63) is 34.6 Å². The Morgan fingerprint density at radius 2 is 2.38 bits per heavy atom. The third kappa shape index (κ3) is 1.59. The average molecular weight is 241 g/mol. The number of aromatic nitrogens is 2. The van der Waals surface area contributed by atoms with E-state index in [1.807, 2.05) is 28.8 Å². The summed E-state index contributed by atoms with van der Waals surface area (Å²) in [4.78, 5) is 0. The molecule has 0 bridgehead atoms. The van der Waals surface area contributed by atoms with Crippen molar-refractivity contribution in [3.8, 4) is 0 Å². The van der Waals surface area contributed by atoms with Crippen LogP contribution in [0.15, 0.2) is 28.9 Å². The van der Waals surface area contributed by atoms with Gasteiger partial charge in [-0.15, -0.1) is 0 Å². The second-order valence-corrected chi connectivity index (χ2v) is 3.57. The summed E-state index contributed by atoms with van der Waals surface area (Å²) in [6.45, 7) is 0.550. The Labute approximate surface area is 84.4 Å². The summed E-state index contributed by atoms with van der Waals surface area (Å²) in [6.07, 6.45) is 0. The molecule has 0 aliphatic carbocycles. The van der Waals surface area contributed by atoms with Gasteiger partial charge in [-0.1, -0.05) is 6.07 Å². The number of nitrogens with zero attached hydrogens (tertiary/aromatic N) is 2. The summed E-state index contributed by atoms with van der Waals surface area (Å²) in [5, 5.41) is 4.35. The zero-order valence-electron chi connectivity index (χ0n) is 7.20. The highest BCUT2D eigenvalue weighted by molar-refractivity contribution is 9.10. The maximum Gasteiger partial charge on any atom is 0.108 e. The molecular formula is C9H9BrN2O. The van der Waals surface area contributed by atoms with Crippen molar-refractivity contribution in [1.29, 1.82) is 0 Å². The molecule has 13 heavy (non-hydrogen) atoms. The summed E-state index contributed by atoms with van der Waals surface area (Å²) < 4.78 is 7.80. The number of pyridine rings is 1. The smallest absolute Gasteiger partial charge is 0.108 e. The number of ether oxygens (including phenoxy) is 1. The van der Waals surface area contributed by atoms with Crippen LogP contribution in [0.4, 0.5) is 0 Å². The van der Waals surface area contributed by atoms with Gasteiger partial charge in [0.05, 0.1) is 17.8 Å². The first-order valence-electron chi connectivity index (χ1n) is 3.93. The SMILES string of the molecule is COCc1cc2cccc(Br)n2n1. The molecule has 2 aromatic heterocycles. The maximum atomic E-state index is 5.01. The minimum Gasteiger partial charge on any atom is -0.378 e. The summed E-state index contributed by atoms with van der Waals surface area (Å²) in [7, 11) is 1.67. The normalized spacial score (nSPS) is 10.9. The topological polar surface area (TPSA) is 26.5 Å². The van der Waals surface area contributed by atoms with E-state index in [0.717, 1.165) is 15.8 Å². The molecule has 4 heteroatoms. The van der Waals surface area contributed by atoms with Crippen LogP contribution in [0.25, 0.3) is 5.52 Å². The number of halogens is 1. The van der Waals surface area contributed by atoms with Gasteiger partial charge in [0.15, 0.2) is 0 Å². The van der Waals surface area contributed by atoms with E-state index in [1.54, 1.807) is 7.11 Å². The van der Waals surface area contributed by atoms with E-state index in [0.29, 0.717) is 6.61 Å². The third-order valence-corrected chi connectivity index (χ3v) is 2.38. The minimum atomic E-state index is 0.550. The van der Waals surface area contributed by atoms with Gasteiger partial charge in [0.1, 0.15) is 4.60 Å². The van der Waals surface area contributed by atoms with Gasteiger partial charge in [0.25, 0.3) is 0 Å². The fourth-order valence-electron chi connectivity index (χ4n) is 1.25. The van der Waals surface area contributed by atoms with E-state index in [1.165, 1.54) is 0 Å². The van der Waals surface area contributed by atoms with Crippen LogP contribution in [0.3, 0.4) is 0 Å². The molecule has 0 saturated heterocycles.